The van der Waals surface area contributed by atoms with Crippen LogP contribution in [-0.2, 0) is 4.79 Å². The van der Waals surface area contributed by atoms with Gasteiger partial charge in [-0.2, -0.15) is 5.26 Å². The second-order valence-electron chi connectivity index (χ2n) is 4.36. The Hall–Kier alpha value is -2.75. The second-order valence-corrected chi connectivity index (χ2v) is 4.36. The highest BCUT2D eigenvalue weighted by Gasteiger charge is 2.15. The van der Waals surface area contributed by atoms with Crippen LogP contribution < -0.4 is 20.1 Å². The van der Waals surface area contributed by atoms with E-state index in [1.165, 1.54) is 0 Å². The molecule has 0 atom stereocenters. The molecule has 7 heteroatoms. The number of hydrogen-bond acceptors (Lipinski definition) is 5. The summed E-state index contributed by atoms with van der Waals surface area (Å²) in [6.45, 7) is 1.02. The Morgan fingerprint density at radius 1 is 1.19 bits per heavy atom. The molecule has 110 valence electrons. The van der Waals surface area contributed by atoms with Gasteiger partial charge in [0.15, 0.2) is 11.5 Å². The van der Waals surface area contributed by atoms with E-state index in [-0.39, 0.29) is 25.0 Å². The van der Waals surface area contributed by atoms with Crippen molar-refractivity contribution in [2.75, 3.05) is 19.9 Å². The lowest BCUT2D eigenvalue weighted by molar-refractivity contribution is -0.120. The number of ether oxygens (including phenoxy) is 2. The summed E-state index contributed by atoms with van der Waals surface area (Å²) in [5, 5.41) is 13.6. The lowest BCUT2D eigenvalue weighted by Gasteiger charge is -2.06. The summed E-state index contributed by atoms with van der Waals surface area (Å²) in [6.07, 6.45) is 0.441. The first-order valence-corrected chi connectivity index (χ1v) is 6.52. The summed E-state index contributed by atoms with van der Waals surface area (Å²) in [4.78, 5) is 22.9. The predicted octanol–water partition coefficient (Wildman–Crippen LogP) is 0.565. The molecule has 2 N–H and O–H groups in total. The number of nitriles is 1. The first kappa shape index (κ1) is 14.7. The summed E-state index contributed by atoms with van der Waals surface area (Å²) in [6, 6.07) is 6.75. The molecule has 0 spiro atoms. The number of benzene rings is 1. The molecule has 0 saturated heterocycles. The van der Waals surface area contributed by atoms with Crippen LogP contribution in [0.5, 0.6) is 11.5 Å². The average Bonchev–Trinajstić information content (AvgIpc) is 2.94. The number of carbonyl (C=O) groups is 2. The molecule has 2 amide bonds. The van der Waals surface area contributed by atoms with Crippen LogP contribution in [0.25, 0.3) is 0 Å². The van der Waals surface area contributed by atoms with Gasteiger partial charge >= 0.3 is 0 Å². The third-order valence-electron chi connectivity index (χ3n) is 2.84. The summed E-state index contributed by atoms with van der Waals surface area (Å²) >= 11 is 0. The molecule has 0 aromatic heterocycles. The van der Waals surface area contributed by atoms with Crippen molar-refractivity contribution in [3.05, 3.63) is 23.8 Å². The summed E-state index contributed by atoms with van der Waals surface area (Å²) in [5.74, 6) is 0.675. The molecule has 2 rings (SSSR count). The van der Waals surface area contributed by atoms with Gasteiger partial charge in [-0.3, -0.25) is 9.59 Å². The molecular weight excluding hydrogens is 274 g/mol. The molecule has 1 aliphatic rings. The third kappa shape index (κ3) is 4.11. The monoisotopic (exact) mass is 289 g/mol. The van der Waals surface area contributed by atoms with Crippen molar-refractivity contribution in [2.45, 2.75) is 12.8 Å². The SMILES string of the molecule is N#CCC(=O)NCCCNC(=O)c1ccc2c(c1)OCO2. The normalized spacial score (nSPS) is 11.6. The molecule has 1 aliphatic heterocycles. The largest absolute Gasteiger partial charge is 0.454 e. The Bertz CT molecular complexity index is 580. The van der Waals surface area contributed by atoms with Gasteiger partial charge in [0.2, 0.25) is 12.7 Å². The van der Waals surface area contributed by atoms with Crippen molar-refractivity contribution >= 4 is 11.8 Å². The van der Waals surface area contributed by atoms with Crippen LogP contribution in [0.15, 0.2) is 18.2 Å². The van der Waals surface area contributed by atoms with Crippen molar-refractivity contribution in [3.8, 4) is 17.6 Å². The second kappa shape index (κ2) is 7.14. The van der Waals surface area contributed by atoms with Gasteiger partial charge in [-0.05, 0) is 24.6 Å². The molecule has 0 bridgehead atoms. The first-order chi connectivity index (χ1) is 10.2. The summed E-state index contributed by atoms with van der Waals surface area (Å²) in [5.41, 5.74) is 0.493. The standard InChI is InChI=1S/C14H15N3O4/c15-5-4-13(18)16-6-1-7-17-14(19)10-2-3-11-12(8-10)21-9-20-11/h2-3,8H,1,4,6-7,9H2,(H,16,18)(H,17,19). The molecule has 1 heterocycles. The number of nitrogens with zero attached hydrogens (tertiary/aromatic N) is 1. The number of rotatable bonds is 6. The van der Waals surface area contributed by atoms with Gasteiger partial charge in [-0.25, -0.2) is 0 Å². The maximum absolute atomic E-state index is 11.9. The van der Waals surface area contributed by atoms with E-state index in [1.54, 1.807) is 24.3 Å². The van der Waals surface area contributed by atoms with Crippen LogP contribution in [0.1, 0.15) is 23.2 Å². The number of carbonyl (C=O) groups excluding carboxylic acids is 2. The van der Waals surface area contributed by atoms with Crippen LogP contribution in [0.2, 0.25) is 0 Å². The van der Waals surface area contributed by atoms with Gasteiger partial charge < -0.3 is 20.1 Å². The molecule has 1 aromatic carbocycles. The minimum absolute atomic E-state index is 0.149. The molecule has 21 heavy (non-hydrogen) atoms. The third-order valence-corrected chi connectivity index (χ3v) is 2.84. The Kier molecular flexibility index (Phi) is 4.99. The van der Waals surface area contributed by atoms with E-state index in [4.69, 9.17) is 14.7 Å². The zero-order valence-corrected chi connectivity index (χ0v) is 11.3. The fourth-order valence-electron chi connectivity index (χ4n) is 1.79. The van der Waals surface area contributed by atoms with Crippen molar-refractivity contribution in [1.29, 1.82) is 5.26 Å². The molecule has 1 aromatic rings. The smallest absolute Gasteiger partial charge is 0.251 e. The molecule has 0 saturated carbocycles. The van der Waals surface area contributed by atoms with E-state index in [0.717, 1.165) is 0 Å². The quantitative estimate of drug-likeness (QED) is 0.745. The maximum atomic E-state index is 11.9. The highest BCUT2D eigenvalue weighted by Crippen LogP contribution is 2.32. The summed E-state index contributed by atoms with van der Waals surface area (Å²) < 4.78 is 10.4. The Balaban J connectivity index is 1.70. The zero-order chi connectivity index (χ0) is 15.1. The van der Waals surface area contributed by atoms with Gasteiger partial charge in [-0.1, -0.05) is 0 Å². The molecule has 0 aliphatic carbocycles. The lowest BCUT2D eigenvalue weighted by Crippen LogP contribution is -2.29. The van der Waals surface area contributed by atoms with Crippen LogP contribution >= 0.6 is 0 Å². The lowest BCUT2D eigenvalue weighted by atomic mass is 10.2. The minimum Gasteiger partial charge on any atom is -0.454 e. The number of hydrogen-bond donors (Lipinski definition) is 2. The predicted molar refractivity (Wildman–Crippen MR) is 72.8 cm³/mol. The topological polar surface area (TPSA) is 100 Å². The van der Waals surface area contributed by atoms with E-state index in [2.05, 4.69) is 10.6 Å². The van der Waals surface area contributed by atoms with Crippen molar-refractivity contribution in [2.24, 2.45) is 0 Å². The molecule has 0 unspecified atom stereocenters. The van der Waals surface area contributed by atoms with Gasteiger partial charge in [-0.15, -0.1) is 0 Å². The molecular formula is C14H15N3O4. The Morgan fingerprint density at radius 2 is 1.95 bits per heavy atom. The molecule has 0 fully saturated rings. The van der Waals surface area contributed by atoms with E-state index < -0.39 is 0 Å². The summed E-state index contributed by atoms with van der Waals surface area (Å²) in [7, 11) is 0. The number of fused-ring (bicyclic) bond motifs is 1. The van der Waals surface area contributed by atoms with Crippen molar-refractivity contribution in [3.63, 3.8) is 0 Å². The van der Waals surface area contributed by atoms with Crippen molar-refractivity contribution in [1.82, 2.24) is 10.6 Å². The van der Waals surface area contributed by atoms with Gasteiger partial charge in [0.25, 0.3) is 5.91 Å². The average molecular weight is 289 g/mol. The van der Waals surface area contributed by atoms with E-state index >= 15 is 0 Å². The van der Waals surface area contributed by atoms with E-state index in [1.807, 2.05) is 0 Å². The van der Waals surface area contributed by atoms with Gasteiger partial charge in [0, 0.05) is 18.7 Å². The van der Waals surface area contributed by atoms with E-state index in [0.29, 0.717) is 36.6 Å². The van der Waals surface area contributed by atoms with Crippen LogP contribution in [-0.4, -0.2) is 31.7 Å². The fourth-order valence-corrected chi connectivity index (χ4v) is 1.79. The number of amides is 2. The number of nitrogens with one attached hydrogen (secondary N) is 2. The Morgan fingerprint density at radius 3 is 2.76 bits per heavy atom. The van der Waals surface area contributed by atoms with Gasteiger partial charge in [0.1, 0.15) is 6.42 Å². The highest BCUT2D eigenvalue weighted by atomic mass is 16.7. The van der Waals surface area contributed by atoms with Gasteiger partial charge in [0.05, 0.1) is 6.07 Å². The highest BCUT2D eigenvalue weighted by molar-refractivity contribution is 5.94. The van der Waals surface area contributed by atoms with Crippen LogP contribution in [0, 0.1) is 11.3 Å². The van der Waals surface area contributed by atoms with E-state index in [9.17, 15) is 9.59 Å². The first-order valence-electron chi connectivity index (χ1n) is 6.52. The minimum atomic E-state index is -0.306. The van der Waals surface area contributed by atoms with Crippen LogP contribution in [0.4, 0.5) is 0 Å². The molecule has 0 radical (unpaired) electrons. The van der Waals surface area contributed by atoms with Crippen LogP contribution in [0.3, 0.4) is 0 Å². The fraction of sp³-hybridized carbons (Fsp3) is 0.357. The maximum Gasteiger partial charge on any atom is 0.251 e. The Labute approximate surface area is 121 Å². The van der Waals surface area contributed by atoms with Crippen molar-refractivity contribution < 1.29 is 19.1 Å². The molecule has 7 nitrogen and oxygen atoms in total. The zero-order valence-electron chi connectivity index (χ0n) is 11.3.